The SMILES string of the molecule is CNC(=O)/C=C/c1ccc(-c2cc3c(nn2)N(C2C[C@H]4CC[C@@H](C2)N4C(=O)OC(C)(C)C)C(=O)OC3)c(OCOC)c1. The molecule has 4 heterocycles. The molecule has 3 aliphatic heterocycles. The first-order valence-corrected chi connectivity index (χ1v) is 14.1. The van der Waals surface area contributed by atoms with Crippen molar-refractivity contribution >= 4 is 30.0 Å². The minimum atomic E-state index is -0.576. The van der Waals surface area contributed by atoms with E-state index in [0.29, 0.717) is 35.7 Å². The van der Waals surface area contributed by atoms with Crippen molar-refractivity contribution in [2.75, 3.05) is 25.9 Å². The highest BCUT2D eigenvalue weighted by Gasteiger charge is 2.48. The average Bonchev–Trinajstić information content (AvgIpc) is 3.23. The first kappa shape index (κ1) is 29.3. The Labute approximate surface area is 244 Å². The van der Waals surface area contributed by atoms with E-state index in [2.05, 4.69) is 15.5 Å². The Bertz CT molecular complexity index is 1370. The lowest BCUT2D eigenvalue weighted by atomic mass is 9.95. The number of cyclic esters (lactones) is 1. The van der Waals surface area contributed by atoms with Gasteiger partial charge < -0.3 is 29.2 Å². The van der Waals surface area contributed by atoms with Gasteiger partial charge in [0.2, 0.25) is 5.91 Å². The number of hydrogen-bond donors (Lipinski definition) is 1. The van der Waals surface area contributed by atoms with Crippen molar-refractivity contribution in [2.24, 2.45) is 0 Å². The highest BCUT2D eigenvalue weighted by molar-refractivity contribution is 5.92. The third-order valence-electron chi connectivity index (χ3n) is 7.59. The normalized spacial score (nSPS) is 21.6. The molecule has 0 radical (unpaired) electrons. The minimum absolute atomic E-state index is 0.0176. The van der Waals surface area contributed by atoms with Crippen LogP contribution in [0.2, 0.25) is 0 Å². The summed E-state index contributed by atoms with van der Waals surface area (Å²) in [6.07, 6.45) is 5.28. The molecule has 1 N–H and O–H groups in total. The second-order valence-electron chi connectivity index (χ2n) is 11.7. The highest BCUT2D eigenvalue weighted by Crippen LogP contribution is 2.41. The summed E-state index contributed by atoms with van der Waals surface area (Å²) in [6, 6.07) is 7.09. The van der Waals surface area contributed by atoms with E-state index in [-0.39, 0.29) is 43.5 Å². The van der Waals surface area contributed by atoms with Crippen LogP contribution in [0.1, 0.15) is 57.6 Å². The quantitative estimate of drug-likeness (QED) is 0.377. The Balaban J connectivity index is 1.39. The van der Waals surface area contributed by atoms with Gasteiger partial charge in [-0.1, -0.05) is 6.07 Å². The second kappa shape index (κ2) is 12.0. The third kappa shape index (κ3) is 6.18. The maximum Gasteiger partial charge on any atom is 0.416 e. The summed E-state index contributed by atoms with van der Waals surface area (Å²) in [4.78, 5) is 41.1. The molecule has 3 amide bonds. The van der Waals surface area contributed by atoms with Gasteiger partial charge >= 0.3 is 12.2 Å². The van der Waals surface area contributed by atoms with Crippen LogP contribution in [0, 0.1) is 0 Å². The first-order valence-electron chi connectivity index (χ1n) is 14.1. The Morgan fingerprint density at radius 3 is 2.52 bits per heavy atom. The van der Waals surface area contributed by atoms with Crippen molar-refractivity contribution in [2.45, 2.75) is 76.8 Å². The smallest absolute Gasteiger partial charge is 0.416 e. The van der Waals surface area contributed by atoms with Crippen LogP contribution in [0.25, 0.3) is 17.3 Å². The maximum absolute atomic E-state index is 13.1. The molecule has 12 heteroatoms. The van der Waals surface area contributed by atoms with Crippen molar-refractivity contribution in [3.8, 4) is 17.0 Å². The molecular weight excluding hydrogens is 542 g/mol. The van der Waals surface area contributed by atoms with E-state index in [0.717, 1.165) is 24.0 Å². The average molecular weight is 580 g/mol. The first-order chi connectivity index (χ1) is 20.1. The molecule has 2 fully saturated rings. The van der Waals surface area contributed by atoms with Gasteiger partial charge in [0.25, 0.3) is 0 Å². The zero-order chi connectivity index (χ0) is 30.0. The molecule has 42 heavy (non-hydrogen) atoms. The highest BCUT2D eigenvalue weighted by atomic mass is 16.7. The number of rotatable bonds is 7. The van der Waals surface area contributed by atoms with Gasteiger partial charge in [0.05, 0.1) is 5.69 Å². The summed E-state index contributed by atoms with van der Waals surface area (Å²) < 4.78 is 22.2. The lowest BCUT2D eigenvalue weighted by molar-refractivity contribution is -0.116. The largest absolute Gasteiger partial charge is 0.467 e. The lowest BCUT2D eigenvalue weighted by Crippen LogP contribution is -2.55. The fourth-order valence-electron chi connectivity index (χ4n) is 5.81. The van der Waals surface area contributed by atoms with Gasteiger partial charge in [-0.25, -0.2) is 9.59 Å². The zero-order valence-corrected chi connectivity index (χ0v) is 24.6. The van der Waals surface area contributed by atoms with Crippen molar-refractivity contribution in [1.82, 2.24) is 20.4 Å². The molecule has 0 spiro atoms. The van der Waals surface area contributed by atoms with Crippen molar-refractivity contribution in [1.29, 1.82) is 0 Å². The topological polar surface area (TPSA) is 132 Å². The Morgan fingerprint density at radius 1 is 1.12 bits per heavy atom. The lowest BCUT2D eigenvalue weighted by Gasteiger charge is -2.43. The summed E-state index contributed by atoms with van der Waals surface area (Å²) in [5, 5.41) is 11.5. The van der Waals surface area contributed by atoms with Gasteiger partial charge in [0.15, 0.2) is 12.6 Å². The van der Waals surface area contributed by atoms with Gasteiger partial charge in [0, 0.05) is 49.5 Å². The number of carbonyl (C=O) groups is 3. The molecule has 1 aromatic carbocycles. The summed E-state index contributed by atoms with van der Waals surface area (Å²) in [5.74, 6) is 0.747. The fraction of sp³-hybridized carbons (Fsp3) is 0.500. The number of nitrogens with zero attached hydrogens (tertiary/aromatic N) is 4. The molecule has 0 aliphatic carbocycles. The summed E-state index contributed by atoms with van der Waals surface area (Å²) in [7, 11) is 3.09. The number of hydrogen-bond acceptors (Lipinski definition) is 9. The van der Waals surface area contributed by atoms with E-state index < -0.39 is 11.7 Å². The van der Waals surface area contributed by atoms with Crippen LogP contribution in [0.15, 0.2) is 30.3 Å². The Hall–Kier alpha value is -4.19. The molecule has 2 bridgehead atoms. The molecule has 1 unspecified atom stereocenters. The van der Waals surface area contributed by atoms with E-state index >= 15 is 0 Å². The number of likely N-dealkylation sites (N-methyl/N-ethyl adjacent to an activating group) is 1. The van der Waals surface area contributed by atoms with Crippen LogP contribution < -0.4 is 15.0 Å². The predicted octanol–water partition coefficient (Wildman–Crippen LogP) is 4.27. The van der Waals surface area contributed by atoms with E-state index in [1.165, 1.54) is 13.2 Å². The second-order valence-corrected chi connectivity index (χ2v) is 11.7. The van der Waals surface area contributed by atoms with Crippen LogP contribution in [0.5, 0.6) is 5.75 Å². The summed E-state index contributed by atoms with van der Waals surface area (Å²) in [6.45, 7) is 5.66. The molecule has 3 aliphatic rings. The molecule has 12 nitrogen and oxygen atoms in total. The number of anilines is 1. The number of amides is 3. The van der Waals surface area contributed by atoms with Crippen LogP contribution >= 0.6 is 0 Å². The number of fused-ring (bicyclic) bond motifs is 3. The number of nitrogens with one attached hydrogen (secondary N) is 1. The van der Waals surface area contributed by atoms with Crippen LogP contribution in [0.4, 0.5) is 15.4 Å². The van der Waals surface area contributed by atoms with Gasteiger partial charge in [-0.15, -0.1) is 10.2 Å². The molecule has 224 valence electrons. The number of piperidine rings is 1. The Kier molecular flexibility index (Phi) is 8.35. The van der Waals surface area contributed by atoms with Gasteiger partial charge in [-0.2, -0.15) is 0 Å². The van der Waals surface area contributed by atoms with Crippen molar-refractivity contribution in [3.05, 3.63) is 41.5 Å². The molecule has 0 saturated carbocycles. The van der Waals surface area contributed by atoms with Crippen LogP contribution in [-0.4, -0.2) is 77.9 Å². The van der Waals surface area contributed by atoms with Crippen molar-refractivity contribution in [3.63, 3.8) is 0 Å². The molecule has 1 aromatic heterocycles. The number of methoxy groups -OCH3 is 1. The van der Waals surface area contributed by atoms with E-state index in [1.807, 2.05) is 43.9 Å². The Morgan fingerprint density at radius 2 is 1.86 bits per heavy atom. The molecular formula is C30H37N5O7. The van der Waals surface area contributed by atoms with Gasteiger partial charge in [-0.05, 0) is 76.3 Å². The molecule has 2 aromatic rings. The third-order valence-corrected chi connectivity index (χ3v) is 7.59. The van der Waals surface area contributed by atoms with Crippen molar-refractivity contribution < 1.29 is 33.3 Å². The number of carbonyl (C=O) groups excluding carboxylic acids is 3. The standard InChI is InChI=1S/C30H37N5O7/c1-30(2,3)42-29(38)34-20-8-9-21(34)15-22(14-20)35-27-19(16-40-28(35)37)13-24(32-33-27)23-10-6-18(7-11-26(36)31-4)12-25(23)41-17-39-5/h6-7,10-13,20-22H,8-9,14-17H2,1-5H3,(H,31,36)/b11-7+/t20-,21+,22?. The number of ether oxygens (including phenoxy) is 4. The minimum Gasteiger partial charge on any atom is -0.467 e. The van der Waals surface area contributed by atoms with E-state index in [1.54, 1.807) is 24.1 Å². The van der Waals surface area contributed by atoms with Gasteiger partial charge in [-0.3, -0.25) is 9.69 Å². The number of aromatic nitrogens is 2. The predicted molar refractivity (Wildman–Crippen MR) is 154 cm³/mol. The molecule has 5 rings (SSSR count). The zero-order valence-electron chi connectivity index (χ0n) is 24.6. The van der Waals surface area contributed by atoms with E-state index in [4.69, 9.17) is 18.9 Å². The van der Waals surface area contributed by atoms with E-state index in [9.17, 15) is 14.4 Å². The summed E-state index contributed by atoms with van der Waals surface area (Å²) >= 11 is 0. The summed E-state index contributed by atoms with van der Waals surface area (Å²) in [5.41, 5.74) is 2.12. The monoisotopic (exact) mass is 579 g/mol. The van der Waals surface area contributed by atoms with Crippen LogP contribution in [0.3, 0.4) is 0 Å². The maximum atomic E-state index is 13.1. The number of benzene rings is 1. The fourth-order valence-corrected chi connectivity index (χ4v) is 5.81. The molecule has 3 atom stereocenters. The van der Waals surface area contributed by atoms with Crippen LogP contribution in [-0.2, 0) is 25.6 Å². The van der Waals surface area contributed by atoms with Gasteiger partial charge in [0.1, 0.15) is 18.0 Å². The molecule has 2 saturated heterocycles.